The molecule has 1 unspecified atom stereocenters. The molecule has 25 heavy (non-hydrogen) atoms. The number of aliphatic hydroxyl groups is 1. The lowest BCUT2D eigenvalue weighted by Gasteiger charge is -2.34. The van der Waals surface area contributed by atoms with Crippen molar-refractivity contribution >= 4 is 11.8 Å². The first-order chi connectivity index (χ1) is 12.0. The van der Waals surface area contributed by atoms with Crippen molar-refractivity contribution in [1.29, 1.82) is 0 Å². The van der Waals surface area contributed by atoms with E-state index in [9.17, 15) is 9.90 Å². The van der Waals surface area contributed by atoms with Gasteiger partial charge in [0.25, 0.3) is 0 Å². The van der Waals surface area contributed by atoms with Crippen LogP contribution in [0.15, 0.2) is 24.5 Å². The molecule has 0 radical (unpaired) electrons. The lowest BCUT2D eigenvalue weighted by molar-refractivity contribution is 0.0599. The number of aryl methyl sites for hydroxylation is 2. The highest BCUT2D eigenvalue weighted by atomic mass is 16.5. The molecule has 1 fully saturated rings. The molecule has 2 aromatic rings. The maximum Gasteiger partial charge on any atom is 0.339 e. The molecule has 7 heteroatoms. The maximum absolute atomic E-state index is 11.7. The summed E-state index contributed by atoms with van der Waals surface area (Å²) in [7, 11) is 3.27. The Morgan fingerprint density at radius 1 is 1.36 bits per heavy atom. The smallest absolute Gasteiger partial charge is 0.339 e. The molecule has 1 atom stereocenters. The van der Waals surface area contributed by atoms with Gasteiger partial charge in [-0.2, -0.15) is 0 Å². The van der Waals surface area contributed by atoms with Gasteiger partial charge in [-0.25, -0.2) is 14.8 Å². The molecule has 0 amide bonds. The Balaban J connectivity index is 1.65. The number of anilines is 1. The molecule has 3 rings (SSSR count). The van der Waals surface area contributed by atoms with E-state index in [1.54, 1.807) is 12.3 Å². The second-order valence-corrected chi connectivity index (χ2v) is 6.46. The van der Waals surface area contributed by atoms with Crippen molar-refractivity contribution in [3.05, 3.63) is 41.6 Å². The second-order valence-electron chi connectivity index (χ2n) is 6.46. The highest BCUT2D eigenvalue weighted by Crippen LogP contribution is 2.31. The number of imidazole rings is 1. The van der Waals surface area contributed by atoms with Crippen LogP contribution in [0.5, 0.6) is 0 Å². The third kappa shape index (κ3) is 3.51. The molecule has 1 N–H and O–H groups in total. The molecule has 0 spiro atoms. The molecule has 7 nitrogen and oxygen atoms in total. The average molecular weight is 344 g/mol. The fraction of sp³-hybridized carbons (Fsp3) is 0.500. The number of aromatic nitrogens is 3. The first-order valence-corrected chi connectivity index (χ1v) is 8.47. The van der Waals surface area contributed by atoms with Gasteiger partial charge in [0.2, 0.25) is 0 Å². The van der Waals surface area contributed by atoms with Crippen molar-refractivity contribution in [3.8, 4) is 0 Å². The van der Waals surface area contributed by atoms with Crippen LogP contribution < -0.4 is 4.90 Å². The summed E-state index contributed by atoms with van der Waals surface area (Å²) in [5.41, 5.74) is 1.16. The third-order valence-corrected chi connectivity index (χ3v) is 4.91. The Morgan fingerprint density at radius 2 is 2.08 bits per heavy atom. The van der Waals surface area contributed by atoms with Crippen LogP contribution in [0.3, 0.4) is 0 Å². The van der Waals surface area contributed by atoms with Gasteiger partial charge in [0.15, 0.2) is 0 Å². The number of pyridine rings is 1. The predicted octanol–water partition coefficient (Wildman–Crippen LogP) is 1.86. The van der Waals surface area contributed by atoms with Crippen LogP contribution in [0.1, 0.15) is 40.8 Å². The summed E-state index contributed by atoms with van der Waals surface area (Å²) in [5, 5.41) is 10.6. The summed E-state index contributed by atoms with van der Waals surface area (Å²) < 4.78 is 6.63. The highest BCUT2D eigenvalue weighted by Gasteiger charge is 2.29. The van der Waals surface area contributed by atoms with E-state index in [0.29, 0.717) is 11.3 Å². The lowest BCUT2D eigenvalue weighted by atomic mass is 9.90. The summed E-state index contributed by atoms with van der Waals surface area (Å²) in [6.07, 6.45) is 4.76. The Hall–Kier alpha value is -2.41. The molecule has 1 saturated heterocycles. The van der Waals surface area contributed by atoms with Crippen molar-refractivity contribution in [1.82, 2.24) is 14.5 Å². The van der Waals surface area contributed by atoms with E-state index in [0.717, 1.165) is 37.6 Å². The first kappa shape index (κ1) is 17.4. The van der Waals surface area contributed by atoms with E-state index in [-0.39, 0.29) is 11.9 Å². The van der Waals surface area contributed by atoms with E-state index in [1.807, 2.05) is 30.8 Å². The van der Waals surface area contributed by atoms with Crippen LogP contribution in [0.25, 0.3) is 0 Å². The standard InChI is InChI=1S/C18H24N4O3/c1-12-14(18(24)25-3)4-5-15(20-12)22-9-6-13(7-10-22)16(23)17-19-8-11-21(17)2/h4-5,8,11,13,16,23H,6-7,9-10H2,1-3H3. The summed E-state index contributed by atoms with van der Waals surface area (Å²) in [5.74, 6) is 1.39. The van der Waals surface area contributed by atoms with Crippen LogP contribution in [-0.4, -0.2) is 45.8 Å². The predicted molar refractivity (Wildman–Crippen MR) is 93.4 cm³/mol. The fourth-order valence-electron chi connectivity index (χ4n) is 3.37. The monoisotopic (exact) mass is 344 g/mol. The normalized spacial score (nSPS) is 16.7. The van der Waals surface area contributed by atoms with Gasteiger partial charge in [-0.3, -0.25) is 0 Å². The zero-order valence-electron chi connectivity index (χ0n) is 14.8. The zero-order valence-corrected chi connectivity index (χ0v) is 14.8. The quantitative estimate of drug-likeness (QED) is 0.853. The van der Waals surface area contributed by atoms with Gasteiger partial charge in [0.1, 0.15) is 17.7 Å². The van der Waals surface area contributed by atoms with Gasteiger partial charge in [0, 0.05) is 32.5 Å². The Kier molecular flexibility index (Phi) is 5.03. The minimum Gasteiger partial charge on any atom is -0.465 e. The van der Waals surface area contributed by atoms with Crippen molar-refractivity contribution in [2.24, 2.45) is 13.0 Å². The molecule has 2 aromatic heterocycles. The van der Waals surface area contributed by atoms with Gasteiger partial charge in [-0.05, 0) is 37.8 Å². The molecule has 0 saturated carbocycles. The molecular weight excluding hydrogens is 320 g/mol. The number of carbonyl (C=O) groups is 1. The van der Waals surface area contributed by atoms with E-state index < -0.39 is 6.10 Å². The average Bonchev–Trinajstić information content (AvgIpc) is 3.06. The largest absolute Gasteiger partial charge is 0.465 e. The molecule has 1 aliphatic rings. The van der Waals surface area contributed by atoms with Crippen molar-refractivity contribution in [3.63, 3.8) is 0 Å². The van der Waals surface area contributed by atoms with Gasteiger partial charge in [0.05, 0.1) is 18.4 Å². The third-order valence-electron chi connectivity index (χ3n) is 4.91. The molecule has 0 bridgehead atoms. The number of ether oxygens (including phenoxy) is 1. The van der Waals surface area contributed by atoms with E-state index in [2.05, 4.69) is 14.9 Å². The fourth-order valence-corrected chi connectivity index (χ4v) is 3.37. The topological polar surface area (TPSA) is 80.5 Å². The second kappa shape index (κ2) is 7.23. The van der Waals surface area contributed by atoms with Crippen molar-refractivity contribution in [2.45, 2.75) is 25.9 Å². The van der Waals surface area contributed by atoms with Gasteiger partial charge >= 0.3 is 5.97 Å². The highest BCUT2D eigenvalue weighted by molar-refractivity contribution is 5.90. The van der Waals surface area contributed by atoms with Crippen LogP contribution in [-0.2, 0) is 11.8 Å². The van der Waals surface area contributed by atoms with Gasteiger partial charge in [-0.1, -0.05) is 0 Å². The number of carbonyl (C=O) groups excluding carboxylic acids is 1. The number of hydrogen-bond acceptors (Lipinski definition) is 6. The number of aliphatic hydroxyl groups excluding tert-OH is 1. The van der Waals surface area contributed by atoms with E-state index >= 15 is 0 Å². The van der Waals surface area contributed by atoms with Crippen LogP contribution in [0.4, 0.5) is 5.82 Å². The number of rotatable bonds is 4. The van der Waals surface area contributed by atoms with Crippen LogP contribution in [0.2, 0.25) is 0 Å². The molecule has 0 aromatic carbocycles. The number of methoxy groups -OCH3 is 1. The SMILES string of the molecule is COC(=O)c1ccc(N2CCC(C(O)c3nccn3C)CC2)nc1C. The van der Waals surface area contributed by atoms with Crippen LogP contribution >= 0.6 is 0 Å². The molecule has 3 heterocycles. The van der Waals surface area contributed by atoms with E-state index in [1.165, 1.54) is 7.11 Å². The lowest BCUT2D eigenvalue weighted by Crippen LogP contribution is -2.36. The number of hydrogen-bond donors (Lipinski definition) is 1. The Labute approximate surface area is 147 Å². The van der Waals surface area contributed by atoms with Crippen molar-refractivity contribution in [2.75, 3.05) is 25.1 Å². The van der Waals surface area contributed by atoms with Gasteiger partial charge < -0.3 is 19.3 Å². The van der Waals surface area contributed by atoms with Crippen molar-refractivity contribution < 1.29 is 14.6 Å². The Bertz CT molecular complexity index is 751. The molecular formula is C18H24N4O3. The van der Waals surface area contributed by atoms with Crippen LogP contribution in [0, 0.1) is 12.8 Å². The summed E-state index contributed by atoms with van der Waals surface area (Å²) in [4.78, 5) is 22.7. The Morgan fingerprint density at radius 3 is 2.64 bits per heavy atom. The minimum atomic E-state index is -0.543. The van der Waals surface area contributed by atoms with E-state index in [4.69, 9.17) is 4.74 Å². The minimum absolute atomic E-state index is 0.188. The summed E-state index contributed by atoms with van der Waals surface area (Å²) >= 11 is 0. The number of esters is 1. The summed E-state index contributed by atoms with van der Waals surface area (Å²) in [6, 6.07) is 3.62. The van der Waals surface area contributed by atoms with Gasteiger partial charge in [-0.15, -0.1) is 0 Å². The number of nitrogens with zero attached hydrogens (tertiary/aromatic N) is 4. The first-order valence-electron chi connectivity index (χ1n) is 8.47. The molecule has 1 aliphatic heterocycles. The maximum atomic E-state index is 11.7. The molecule has 134 valence electrons. The zero-order chi connectivity index (χ0) is 18.0. The summed E-state index contributed by atoms with van der Waals surface area (Å²) in [6.45, 7) is 3.44. The molecule has 0 aliphatic carbocycles. The number of piperidine rings is 1.